The van der Waals surface area contributed by atoms with Crippen LogP contribution in [0.5, 0.6) is 0 Å². The van der Waals surface area contributed by atoms with E-state index in [1.54, 1.807) is 24.2 Å². The second-order valence-electron chi connectivity index (χ2n) is 3.69. The first-order chi connectivity index (χ1) is 6.84. The Morgan fingerprint density at radius 1 is 1.14 bits per heavy atom. The van der Waals surface area contributed by atoms with Gasteiger partial charge in [0.15, 0.2) is 5.16 Å². The Hall–Kier alpha value is -0.610. The maximum atomic E-state index is 5.85. The lowest BCUT2D eigenvalue weighted by Crippen LogP contribution is -2.27. The fraction of sp³-hybridized carbons (Fsp3) is 0.600. The fourth-order valence-electron chi connectivity index (χ4n) is 1.70. The molecule has 0 radical (unpaired) electrons. The highest BCUT2D eigenvalue weighted by Gasteiger charge is 2.19. The number of aromatic nitrogens is 2. The van der Waals surface area contributed by atoms with E-state index in [1.165, 1.54) is 12.8 Å². The van der Waals surface area contributed by atoms with Crippen LogP contribution < -0.4 is 5.73 Å². The van der Waals surface area contributed by atoms with Crippen LogP contribution >= 0.6 is 11.8 Å². The minimum atomic E-state index is 0.420. The summed E-state index contributed by atoms with van der Waals surface area (Å²) in [6.07, 6.45) is 8.27. The van der Waals surface area contributed by atoms with Gasteiger partial charge in [-0.1, -0.05) is 11.8 Å². The molecule has 0 aliphatic heterocycles. The first-order valence-electron chi connectivity index (χ1n) is 5.04. The molecule has 76 valence electrons. The summed E-state index contributed by atoms with van der Waals surface area (Å²) in [5, 5.41) is 1.56. The van der Waals surface area contributed by atoms with Gasteiger partial charge in [0.2, 0.25) is 0 Å². The highest BCUT2D eigenvalue weighted by Crippen LogP contribution is 2.30. The number of nitrogens with two attached hydrogens (primary N) is 1. The number of nitrogens with zero attached hydrogens (tertiary/aromatic N) is 2. The molecule has 1 fully saturated rings. The van der Waals surface area contributed by atoms with Crippen molar-refractivity contribution in [2.75, 3.05) is 0 Å². The van der Waals surface area contributed by atoms with Gasteiger partial charge in [-0.15, -0.1) is 0 Å². The molecule has 1 aliphatic carbocycles. The zero-order valence-electron chi connectivity index (χ0n) is 8.10. The zero-order valence-corrected chi connectivity index (χ0v) is 8.91. The topological polar surface area (TPSA) is 51.8 Å². The maximum Gasteiger partial charge on any atom is 0.187 e. The third kappa shape index (κ3) is 2.69. The molecule has 14 heavy (non-hydrogen) atoms. The lowest BCUT2D eigenvalue weighted by Gasteiger charge is -2.24. The van der Waals surface area contributed by atoms with Crippen LogP contribution in [0.2, 0.25) is 0 Å². The molecule has 3 nitrogen and oxygen atoms in total. The summed E-state index contributed by atoms with van der Waals surface area (Å²) in [7, 11) is 0. The second kappa shape index (κ2) is 4.75. The van der Waals surface area contributed by atoms with Crippen molar-refractivity contribution in [1.82, 2.24) is 9.97 Å². The Morgan fingerprint density at radius 3 is 2.43 bits per heavy atom. The van der Waals surface area contributed by atoms with E-state index < -0.39 is 0 Å². The molecular weight excluding hydrogens is 194 g/mol. The molecule has 0 aromatic carbocycles. The van der Waals surface area contributed by atoms with E-state index in [2.05, 4.69) is 9.97 Å². The van der Waals surface area contributed by atoms with Gasteiger partial charge in [0, 0.05) is 23.7 Å². The molecule has 0 atom stereocenters. The standard InChI is InChI=1S/C10H15N3S/c11-8-2-4-9(5-3-8)14-10-12-6-1-7-13-10/h1,6-9H,2-5,11H2. The summed E-state index contributed by atoms with van der Waals surface area (Å²) in [6, 6.07) is 2.27. The lowest BCUT2D eigenvalue weighted by atomic mass is 9.96. The second-order valence-corrected chi connectivity index (χ2v) is 4.95. The van der Waals surface area contributed by atoms with Gasteiger partial charge in [-0.3, -0.25) is 0 Å². The number of hydrogen-bond acceptors (Lipinski definition) is 4. The van der Waals surface area contributed by atoms with Crippen molar-refractivity contribution in [2.45, 2.75) is 42.1 Å². The van der Waals surface area contributed by atoms with Crippen LogP contribution in [0.3, 0.4) is 0 Å². The Labute approximate surface area is 88.5 Å². The molecule has 1 saturated carbocycles. The number of thioether (sulfide) groups is 1. The molecular formula is C10H15N3S. The molecule has 4 heteroatoms. The van der Waals surface area contributed by atoms with Crippen molar-refractivity contribution < 1.29 is 0 Å². The average molecular weight is 209 g/mol. The van der Waals surface area contributed by atoms with E-state index in [4.69, 9.17) is 5.73 Å². The van der Waals surface area contributed by atoms with Crippen molar-refractivity contribution in [3.8, 4) is 0 Å². The summed E-state index contributed by atoms with van der Waals surface area (Å²) < 4.78 is 0. The SMILES string of the molecule is NC1CCC(Sc2ncccn2)CC1. The molecule has 1 heterocycles. The first kappa shape index (κ1) is 9.93. The summed E-state index contributed by atoms with van der Waals surface area (Å²) >= 11 is 1.79. The van der Waals surface area contributed by atoms with Crippen LogP contribution in [0, 0.1) is 0 Å². The van der Waals surface area contributed by atoms with E-state index in [1.807, 2.05) is 6.07 Å². The van der Waals surface area contributed by atoms with Gasteiger partial charge in [0.1, 0.15) is 0 Å². The van der Waals surface area contributed by atoms with Crippen molar-refractivity contribution in [1.29, 1.82) is 0 Å². The van der Waals surface area contributed by atoms with Crippen molar-refractivity contribution in [3.05, 3.63) is 18.5 Å². The fourth-order valence-corrected chi connectivity index (χ4v) is 2.75. The Kier molecular flexibility index (Phi) is 3.37. The summed E-state index contributed by atoms with van der Waals surface area (Å²) in [6.45, 7) is 0. The largest absolute Gasteiger partial charge is 0.328 e. The molecule has 0 amide bonds. The monoisotopic (exact) mass is 209 g/mol. The molecule has 0 spiro atoms. The maximum absolute atomic E-state index is 5.85. The predicted molar refractivity (Wildman–Crippen MR) is 58.1 cm³/mol. The highest BCUT2D eigenvalue weighted by atomic mass is 32.2. The van der Waals surface area contributed by atoms with E-state index in [0.717, 1.165) is 18.0 Å². The molecule has 2 N–H and O–H groups in total. The Balaban J connectivity index is 1.87. The molecule has 0 unspecified atom stereocenters. The smallest absolute Gasteiger partial charge is 0.187 e. The first-order valence-corrected chi connectivity index (χ1v) is 5.92. The van der Waals surface area contributed by atoms with Gasteiger partial charge in [0.25, 0.3) is 0 Å². The van der Waals surface area contributed by atoms with E-state index >= 15 is 0 Å². The van der Waals surface area contributed by atoms with Crippen molar-refractivity contribution >= 4 is 11.8 Å². The molecule has 2 rings (SSSR count). The third-order valence-corrected chi connectivity index (χ3v) is 3.76. The predicted octanol–water partition coefficient (Wildman–Crippen LogP) is 1.84. The van der Waals surface area contributed by atoms with Crippen molar-refractivity contribution in [2.24, 2.45) is 5.73 Å². The van der Waals surface area contributed by atoms with Gasteiger partial charge in [0.05, 0.1) is 0 Å². The van der Waals surface area contributed by atoms with Gasteiger partial charge in [-0.25, -0.2) is 9.97 Å². The van der Waals surface area contributed by atoms with Crippen LogP contribution in [0.1, 0.15) is 25.7 Å². The van der Waals surface area contributed by atoms with E-state index in [0.29, 0.717) is 11.3 Å². The van der Waals surface area contributed by atoms with Crippen LogP contribution in [0.15, 0.2) is 23.6 Å². The quantitative estimate of drug-likeness (QED) is 0.755. The Bertz CT molecular complexity index is 270. The summed E-state index contributed by atoms with van der Waals surface area (Å²) in [5.74, 6) is 0. The summed E-state index contributed by atoms with van der Waals surface area (Å²) in [5.41, 5.74) is 5.85. The van der Waals surface area contributed by atoms with E-state index in [-0.39, 0.29) is 0 Å². The minimum Gasteiger partial charge on any atom is -0.328 e. The van der Waals surface area contributed by atoms with Crippen LogP contribution in [-0.2, 0) is 0 Å². The third-order valence-electron chi connectivity index (χ3n) is 2.53. The lowest BCUT2D eigenvalue weighted by molar-refractivity contribution is 0.450. The molecule has 1 aromatic heterocycles. The normalized spacial score (nSPS) is 27.5. The molecule has 1 aliphatic rings. The highest BCUT2D eigenvalue weighted by molar-refractivity contribution is 7.99. The molecule has 1 aromatic rings. The van der Waals surface area contributed by atoms with Crippen molar-refractivity contribution in [3.63, 3.8) is 0 Å². The summed E-state index contributed by atoms with van der Waals surface area (Å²) in [4.78, 5) is 8.42. The Morgan fingerprint density at radius 2 is 1.79 bits per heavy atom. The minimum absolute atomic E-state index is 0.420. The molecule has 0 bridgehead atoms. The number of hydrogen-bond donors (Lipinski definition) is 1. The van der Waals surface area contributed by atoms with Crippen LogP contribution in [-0.4, -0.2) is 21.3 Å². The zero-order chi connectivity index (χ0) is 9.80. The number of rotatable bonds is 2. The van der Waals surface area contributed by atoms with Gasteiger partial charge in [-0.05, 0) is 31.7 Å². The van der Waals surface area contributed by atoms with E-state index in [9.17, 15) is 0 Å². The van der Waals surface area contributed by atoms with Gasteiger partial charge in [-0.2, -0.15) is 0 Å². The van der Waals surface area contributed by atoms with Gasteiger partial charge >= 0.3 is 0 Å². The molecule has 0 saturated heterocycles. The van der Waals surface area contributed by atoms with Crippen LogP contribution in [0.25, 0.3) is 0 Å². The van der Waals surface area contributed by atoms with Crippen LogP contribution in [0.4, 0.5) is 0 Å². The average Bonchev–Trinajstić information content (AvgIpc) is 2.23. The van der Waals surface area contributed by atoms with Gasteiger partial charge < -0.3 is 5.73 Å².